The molecule has 29 heavy (non-hydrogen) atoms. The second-order valence-corrected chi connectivity index (χ2v) is 6.78. The predicted molar refractivity (Wildman–Crippen MR) is 112 cm³/mol. The van der Waals surface area contributed by atoms with Gasteiger partial charge in [0.15, 0.2) is 5.76 Å². The van der Waals surface area contributed by atoms with Gasteiger partial charge in [-0.3, -0.25) is 14.6 Å². The first-order chi connectivity index (χ1) is 14.0. The number of anilines is 2. The minimum atomic E-state index is -0.333. The van der Waals surface area contributed by atoms with E-state index in [1.165, 1.54) is 6.26 Å². The van der Waals surface area contributed by atoms with Crippen molar-refractivity contribution in [2.75, 3.05) is 10.6 Å². The Balaban J connectivity index is 1.49. The van der Waals surface area contributed by atoms with E-state index in [0.717, 1.165) is 16.5 Å². The summed E-state index contributed by atoms with van der Waals surface area (Å²) in [6, 6.07) is 17.9. The lowest BCUT2D eigenvalue weighted by Gasteiger charge is -2.10. The maximum absolute atomic E-state index is 12.7. The number of nitrogens with zero attached hydrogens (tertiary/aromatic N) is 1. The molecule has 4 aromatic rings. The second kappa shape index (κ2) is 7.59. The first kappa shape index (κ1) is 18.4. The molecule has 6 heteroatoms. The van der Waals surface area contributed by atoms with E-state index in [1.54, 1.807) is 36.4 Å². The topological polar surface area (TPSA) is 84.2 Å². The van der Waals surface area contributed by atoms with Gasteiger partial charge in [0.2, 0.25) is 0 Å². The van der Waals surface area contributed by atoms with Gasteiger partial charge in [-0.25, -0.2) is 0 Å². The lowest BCUT2D eigenvalue weighted by atomic mass is 10.1. The standard InChI is InChI=1S/C23H19N3O3/c1-14-5-10-20-16(12-14)13-19(15(2)24-20)22(27)25-17-6-8-18(9-7-17)26-23(28)21-4-3-11-29-21/h3-13H,1-2H3,(H,25,27)(H,26,28). The van der Waals surface area contributed by atoms with Crippen LogP contribution in [0.4, 0.5) is 11.4 Å². The third-order valence-electron chi connectivity index (χ3n) is 4.55. The lowest BCUT2D eigenvalue weighted by Crippen LogP contribution is -2.14. The Morgan fingerprint density at radius 1 is 0.862 bits per heavy atom. The van der Waals surface area contributed by atoms with E-state index in [1.807, 2.05) is 38.1 Å². The van der Waals surface area contributed by atoms with Crippen LogP contribution in [0.2, 0.25) is 0 Å². The van der Waals surface area contributed by atoms with E-state index in [4.69, 9.17) is 4.42 Å². The molecule has 0 radical (unpaired) electrons. The van der Waals surface area contributed by atoms with E-state index >= 15 is 0 Å². The van der Waals surface area contributed by atoms with Crippen molar-refractivity contribution >= 4 is 34.1 Å². The Hall–Kier alpha value is -3.93. The number of carbonyl (C=O) groups is 2. The van der Waals surface area contributed by atoms with Crippen molar-refractivity contribution in [3.05, 3.63) is 89.5 Å². The molecule has 0 aliphatic rings. The fourth-order valence-corrected chi connectivity index (χ4v) is 3.06. The molecule has 0 aliphatic carbocycles. The van der Waals surface area contributed by atoms with Crippen molar-refractivity contribution in [1.82, 2.24) is 4.98 Å². The van der Waals surface area contributed by atoms with Crippen molar-refractivity contribution in [1.29, 1.82) is 0 Å². The number of amides is 2. The van der Waals surface area contributed by atoms with Gasteiger partial charge in [-0.1, -0.05) is 11.6 Å². The minimum absolute atomic E-state index is 0.231. The smallest absolute Gasteiger partial charge is 0.291 e. The molecule has 0 unspecified atom stereocenters. The highest BCUT2D eigenvalue weighted by atomic mass is 16.3. The number of aryl methyl sites for hydroxylation is 2. The van der Waals surface area contributed by atoms with Gasteiger partial charge in [0.25, 0.3) is 11.8 Å². The Morgan fingerprint density at radius 2 is 1.55 bits per heavy atom. The molecule has 4 rings (SSSR count). The third-order valence-corrected chi connectivity index (χ3v) is 4.55. The fourth-order valence-electron chi connectivity index (χ4n) is 3.06. The van der Waals surface area contributed by atoms with Crippen LogP contribution in [0.1, 0.15) is 32.2 Å². The average Bonchev–Trinajstić information content (AvgIpc) is 3.24. The number of hydrogen-bond acceptors (Lipinski definition) is 4. The molecular formula is C23H19N3O3. The average molecular weight is 385 g/mol. The van der Waals surface area contributed by atoms with E-state index < -0.39 is 0 Å². The zero-order valence-corrected chi connectivity index (χ0v) is 16.0. The molecule has 144 valence electrons. The minimum Gasteiger partial charge on any atom is -0.459 e. The maximum atomic E-state index is 12.7. The number of hydrogen-bond donors (Lipinski definition) is 2. The number of aromatic nitrogens is 1. The van der Waals surface area contributed by atoms with Gasteiger partial charge in [-0.2, -0.15) is 0 Å². The van der Waals surface area contributed by atoms with Gasteiger partial charge in [0, 0.05) is 16.8 Å². The molecule has 0 saturated heterocycles. The van der Waals surface area contributed by atoms with Gasteiger partial charge in [0.05, 0.1) is 23.0 Å². The van der Waals surface area contributed by atoms with Gasteiger partial charge < -0.3 is 15.1 Å². The first-order valence-corrected chi connectivity index (χ1v) is 9.14. The van der Waals surface area contributed by atoms with Gasteiger partial charge in [-0.15, -0.1) is 0 Å². The number of pyridine rings is 1. The van der Waals surface area contributed by atoms with Crippen LogP contribution in [0.25, 0.3) is 10.9 Å². The quantitative estimate of drug-likeness (QED) is 0.521. The van der Waals surface area contributed by atoms with Crippen molar-refractivity contribution in [2.45, 2.75) is 13.8 Å². The molecule has 2 aromatic heterocycles. The highest BCUT2D eigenvalue weighted by molar-refractivity contribution is 6.07. The number of nitrogens with one attached hydrogen (secondary N) is 2. The van der Waals surface area contributed by atoms with E-state index in [0.29, 0.717) is 22.6 Å². The van der Waals surface area contributed by atoms with Crippen molar-refractivity contribution in [3.8, 4) is 0 Å². The normalized spacial score (nSPS) is 10.7. The van der Waals surface area contributed by atoms with Crippen molar-refractivity contribution in [2.24, 2.45) is 0 Å². The molecule has 0 fully saturated rings. The monoisotopic (exact) mass is 385 g/mol. The maximum Gasteiger partial charge on any atom is 0.291 e. The van der Waals surface area contributed by atoms with Gasteiger partial charge in [0.1, 0.15) is 0 Å². The van der Waals surface area contributed by atoms with Crippen LogP contribution < -0.4 is 10.6 Å². The molecule has 6 nitrogen and oxygen atoms in total. The summed E-state index contributed by atoms with van der Waals surface area (Å²) in [6.07, 6.45) is 1.44. The highest BCUT2D eigenvalue weighted by Gasteiger charge is 2.13. The molecule has 2 aromatic carbocycles. The molecule has 0 atom stereocenters. The summed E-state index contributed by atoms with van der Waals surface area (Å²) in [4.78, 5) is 29.3. The van der Waals surface area contributed by atoms with Gasteiger partial charge in [-0.05, 0) is 68.4 Å². The van der Waals surface area contributed by atoms with Gasteiger partial charge >= 0.3 is 0 Å². The van der Waals surface area contributed by atoms with Crippen molar-refractivity contribution < 1.29 is 14.0 Å². The summed E-state index contributed by atoms with van der Waals surface area (Å²) < 4.78 is 5.07. The van der Waals surface area contributed by atoms with Crippen LogP contribution in [0.15, 0.2) is 71.3 Å². The Kier molecular flexibility index (Phi) is 4.83. The van der Waals surface area contributed by atoms with Crippen LogP contribution >= 0.6 is 0 Å². The first-order valence-electron chi connectivity index (χ1n) is 9.14. The Labute approximate surface area is 167 Å². The SMILES string of the molecule is Cc1ccc2nc(C)c(C(=O)Nc3ccc(NC(=O)c4ccco4)cc3)cc2c1. The second-order valence-electron chi connectivity index (χ2n) is 6.78. The summed E-state index contributed by atoms with van der Waals surface area (Å²) in [7, 11) is 0. The van der Waals surface area contributed by atoms with E-state index in [-0.39, 0.29) is 17.6 Å². The number of rotatable bonds is 4. The number of furan rings is 1. The molecule has 2 amide bonds. The van der Waals surface area contributed by atoms with Crippen molar-refractivity contribution in [3.63, 3.8) is 0 Å². The summed E-state index contributed by atoms with van der Waals surface area (Å²) >= 11 is 0. The molecule has 2 N–H and O–H groups in total. The van der Waals surface area contributed by atoms with Crippen LogP contribution in [-0.4, -0.2) is 16.8 Å². The van der Waals surface area contributed by atoms with E-state index in [9.17, 15) is 9.59 Å². The summed E-state index contributed by atoms with van der Waals surface area (Å²) in [5.41, 5.74) is 4.39. The molecule has 0 aliphatic heterocycles. The predicted octanol–water partition coefficient (Wildman–Crippen LogP) is 4.95. The Bertz CT molecular complexity index is 1200. The molecule has 0 saturated carbocycles. The van der Waals surface area contributed by atoms with Crippen LogP contribution in [0, 0.1) is 13.8 Å². The van der Waals surface area contributed by atoms with Crippen LogP contribution in [0.3, 0.4) is 0 Å². The number of fused-ring (bicyclic) bond motifs is 1. The fraction of sp³-hybridized carbons (Fsp3) is 0.0870. The van der Waals surface area contributed by atoms with Crippen LogP contribution in [0.5, 0.6) is 0 Å². The number of carbonyl (C=O) groups excluding carboxylic acids is 2. The lowest BCUT2D eigenvalue weighted by molar-refractivity contribution is 0.0994. The Morgan fingerprint density at radius 3 is 2.21 bits per heavy atom. The molecule has 0 bridgehead atoms. The summed E-state index contributed by atoms with van der Waals surface area (Å²) in [6.45, 7) is 3.83. The largest absolute Gasteiger partial charge is 0.459 e. The zero-order chi connectivity index (χ0) is 20.4. The third kappa shape index (κ3) is 4.01. The zero-order valence-electron chi connectivity index (χ0n) is 16.0. The number of benzene rings is 2. The summed E-state index contributed by atoms with van der Waals surface area (Å²) in [5, 5.41) is 6.54. The molecule has 0 spiro atoms. The van der Waals surface area contributed by atoms with E-state index in [2.05, 4.69) is 15.6 Å². The van der Waals surface area contributed by atoms with Crippen LogP contribution in [-0.2, 0) is 0 Å². The molecule has 2 heterocycles. The summed E-state index contributed by atoms with van der Waals surface area (Å²) in [5.74, 6) is -0.331. The highest BCUT2D eigenvalue weighted by Crippen LogP contribution is 2.20. The molecular weight excluding hydrogens is 366 g/mol.